The van der Waals surface area contributed by atoms with Crippen molar-refractivity contribution in [1.82, 2.24) is 15.0 Å². The van der Waals surface area contributed by atoms with Gasteiger partial charge < -0.3 is 0 Å². The van der Waals surface area contributed by atoms with E-state index in [-0.39, 0.29) is 5.78 Å². The molecule has 0 atom stereocenters. The molecule has 4 nitrogen and oxygen atoms in total. The lowest BCUT2D eigenvalue weighted by molar-refractivity contribution is 0.102. The predicted molar refractivity (Wildman–Crippen MR) is 65.8 cm³/mol. The Labute approximate surface area is 105 Å². The lowest BCUT2D eigenvalue weighted by Gasteiger charge is -2.01. The first-order chi connectivity index (χ1) is 7.72. The quantitative estimate of drug-likeness (QED) is 0.816. The summed E-state index contributed by atoms with van der Waals surface area (Å²) in [5.41, 5.74) is 1.23. The third-order valence-corrected chi connectivity index (χ3v) is 3.62. The van der Waals surface area contributed by atoms with E-state index in [4.69, 9.17) is 0 Å². The van der Waals surface area contributed by atoms with E-state index in [0.717, 1.165) is 10.2 Å². The largest absolute Gasteiger partial charge is 0.287 e. The fourth-order valence-corrected chi connectivity index (χ4v) is 2.52. The van der Waals surface area contributed by atoms with Gasteiger partial charge in [0.15, 0.2) is 0 Å². The molecular weight excluding hydrogens is 290 g/mol. The van der Waals surface area contributed by atoms with Gasteiger partial charge in [-0.25, -0.2) is 4.68 Å². The first-order valence-electron chi connectivity index (χ1n) is 4.89. The van der Waals surface area contributed by atoms with Crippen molar-refractivity contribution in [1.29, 1.82) is 0 Å². The van der Waals surface area contributed by atoms with Crippen molar-refractivity contribution in [3.8, 4) is 0 Å². The van der Waals surface area contributed by atoms with Gasteiger partial charge in [0, 0.05) is 17.5 Å². The molecule has 0 radical (unpaired) electrons. The maximum absolute atomic E-state index is 12.1. The van der Waals surface area contributed by atoms with E-state index in [1.54, 1.807) is 4.68 Å². The molecule has 2 heterocycles. The van der Waals surface area contributed by atoms with E-state index in [9.17, 15) is 4.79 Å². The van der Waals surface area contributed by atoms with Gasteiger partial charge in [0.1, 0.15) is 5.69 Å². The molecule has 0 aromatic carbocycles. The molecule has 0 saturated heterocycles. The Hall–Kier alpha value is -1.01. The maximum Gasteiger partial charge on any atom is 0.213 e. The minimum atomic E-state index is -0.0274. The lowest BCUT2D eigenvalue weighted by Crippen LogP contribution is -2.10. The summed E-state index contributed by atoms with van der Waals surface area (Å²) in [7, 11) is 0. The standard InChI is InChI=1S/C10H10BrN3OS/c1-2-3-14-8(5-12-13-14)10(15)7-4-9(11)16-6-7/h4-6H,2-3H2,1H3. The zero-order valence-electron chi connectivity index (χ0n) is 8.68. The summed E-state index contributed by atoms with van der Waals surface area (Å²) in [4.78, 5) is 12.1. The van der Waals surface area contributed by atoms with Crippen molar-refractivity contribution in [2.24, 2.45) is 0 Å². The van der Waals surface area contributed by atoms with E-state index in [1.807, 2.05) is 18.4 Å². The molecule has 84 valence electrons. The van der Waals surface area contributed by atoms with E-state index in [0.29, 0.717) is 17.8 Å². The molecule has 0 aliphatic rings. The fraction of sp³-hybridized carbons (Fsp3) is 0.300. The Morgan fingerprint density at radius 1 is 1.62 bits per heavy atom. The van der Waals surface area contributed by atoms with Crippen molar-refractivity contribution in [2.45, 2.75) is 19.9 Å². The highest BCUT2D eigenvalue weighted by molar-refractivity contribution is 9.11. The number of carbonyl (C=O) groups excluding carboxylic acids is 1. The molecule has 16 heavy (non-hydrogen) atoms. The second-order valence-electron chi connectivity index (χ2n) is 3.31. The molecule has 2 aromatic rings. The molecule has 0 fully saturated rings. The molecule has 0 aliphatic heterocycles. The maximum atomic E-state index is 12.1. The Kier molecular flexibility index (Phi) is 3.50. The number of halogens is 1. The van der Waals surface area contributed by atoms with E-state index < -0.39 is 0 Å². The number of aryl methyl sites for hydroxylation is 1. The Bertz CT molecular complexity index is 506. The predicted octanol–water partition coefficient (Wildman–Crippen LogP) is 2.74. The number of nitrogens with zero attached hydrogens (tertiary/aromatic N) is 3. The topological polar surface area (TPSA) is 47.8 Å². The van der Waals surface area contributed by atoms with Crippen LogP contribution in [0.15, 0.2) is 21.4 Å². The molecule has 2 aromatic heterocycles. The van der Waals surface area contributed by atoms with Crippen LogP contribution < -0.4 is 0 Å². The molecule has 6 heteroatoms. The molecular formula is C10H10BrN3OS. The zero-order chi connectivity index (χ0) is 11.5. The van der Waals surface area contributed by atoms with Gasteiger partial charge in [0.05, 0.1) is 9.98 Å². The Morgan fingerprint density at radius 2 is 2.44 bits per heavy atom. The summed E-state index contributed by atoms with van der Waals surface area (Å²) in [6, 6.07) is 1.82. The number of hydrogen-bond donors (Lipinski definition) is 0. The Balaban J connectivity index is 2.30. The van der Waals surface area contributed by atoms with Crippen LogP contribution in [0.5, 0.6) is 0 Å². The third-order valence-electron chi connectivity index (χ3n) is 2.12. The van der Waals surface area contributed by atoms with Crippen LogP contribution in [0.25, 0.3) is 0 Å². The van der Waals surface area contributed by atoms with Crippen molar-refractivity contribution < 1.29 is 4.79 Å². The van der Waals surface area contributed by atoms with Crippen LogP contribution in [0.1, 0.15) is 29.4 Å². The molecule has 0 N–H and O–H groups in total. The molecule has 0 spiro atoms. The van der Waals surface area contributed by atoms with Crippen molar-refractivity contribution >= 4 is 33.0 Å². The summed E-state index contributed by atoms with van der Waals surface area (Å²) in [5.74, 6) is -0.0274. The second-order valence-corrected chi connectivity index (χ2v) is 5.60. The van der Waals surface area contributed by atoms with Crippen molar-refractivity contribution in [3.63, 3.8) is 0 Å². The van der Waals surface area contributed by atoms with E-state index >= 15 is 0 Å². The first kappa shape index (κ1) is 11.5. The highest BCUT2D eigenvalue weighted by Crippen LogP contribution is 2.22. The van der Waals surface area contributed by atoms with Crippen LogP contribution in [0.4, 0.5) is 0 Å². The number of aromatic nitrogens is 3. The molecule has 2 rings (SSSR count). The number of ketones is 1. The van der Waals surface area contributed by atoms with Crippen LogP contribution in [-0.4, -0.2) is 20.8 Å². The van der Waals surface area contributed by atoms with Crippen LogP contribution in [-0.2, 0) is 6.54 Å². The average molecular weight is 300 g/mol. The molecule has 0 aliphatic carbocycles. The minimum Gasteiger partial charge on any atom is -0.287 e. The van der Waals surface area contributed by atoms with Crippen LogP contribution in [0.3, 0.4) is 0 Å². The van der Waals surface area contributed by atoms with Crippen molar-refractivity contribution in [3.05, 3.63) is 32.7 Å². The fourth-order valence-electron chi connectivity index (χ4n) is 1.39. The third kappa shape index (κ3) is 2.22. The van der Waals surface area contributed by atoms with Gasteiger partial charge in [-0.05, 0) is 28.4 Å². The molecule has 0 amide bonds. The van der Waals surface area contributed by atoms with Gasteiger partial charge in [-0.2, -0.15) is 0 Å². The number of thiophene rings is 1. The van der Waals surface area contributed by atoms with Crippen LogP contribution in [0.2, 0.25) is 0 Å². The number of hydrogen-bond acceptors (Lipinski definition) is 4. The molecule has 0 bridgehead atoms. The normalized spacial score (nSPS) is 10.6. The highest BCUT2D eigenvalue weighted by atomic mass is 79.9. The summed E-state index contributed by atoms with van der Waals surface area (Å²) in [6.07, 6.45) is 2.44. The van der Waals surface area contributed by atoms with Crippen LogP contribution >= 0.6 is 27.3 Å². The van der Waals surface area contributed by atoms with Gasteiger partial charge in [0.25, 0.3) is 0 Å². The SMILES string of the molecule is CCCn1nncc1C(=O)c1csc(Br)c1. The summed E-state index contributed by atoms with van der Waals surface area (Å²) >= 11 is 4.84. The molecule has 0 unspecified atom stereocenters. The van der Waals surface area contributed by atoms with Gasteiger partial charge in [-0.3, -0.25) is 4.79 Å². The number of carbonyl (C=O) groups is 1. The van der Waals surface area contributed by atoms with Gasteiger partial charge >= 0.3 is 0 Å². The molecule has 0 saturated carbocycles. The van der Waals surface area contributed by atoms with E-state index in [2.05, 4.69) is 26.2 Å². The first-order valence-corrected chi connectivity index (χ1v) is 6.57. The van der Waals surface area contributed by atoms with Gasteiger partial charge in [-0.15, -0.1) is 16.4 Å². The lowest BCUT2D eigenvalue weighted by atomic mass is 10.2. The minimum absolute atomic E-state index is 0.0274. The number of rotatable bonds is 4. The zero-order valence-corrected chi connectivity index (χ0v) is 11.1. The Morgan fingerprint density at radius 3 is 3.06 bits per heavy atom. The smallest absolute Gasteiger partial charge is 0.213 e. The van der Waals surface area contributed by atoms with Gasteiger partial charge in [0.2, 0.25) is 5.78 Å². The summed E-state index contributed by atoms with van der Waals surface area (Å²) < 4.78 is 2.60. The average Bonchev–Trinajstić information content (AvgIpc) is 2.87. The monoisotopic (exact) mass is 299 g/mol. The summed E-state index contributed by atoms with van der Waals surface area (Å²) in [5, 5.41) is 9.50. The second kappa shape index (κ2) is 4.88. The van der Waals surface area contributed by atoms with E-state index in [1.165, 1.54) is 17.5 Å². The summed E-state index contributed by atoms with van der Waals surface area (Å²) in [6.45, 7) is 2.75. The van der Waals surface area contributed by atoms with Crippen molar-refractivity contribution in [2.75, 3.05) is 0 Å². The highest BCUT2D eigenvalue weighted by Gasteiger charge is 2.16. The van der Waals surface area contributed by atoms with Crippen LogP contribution in [0, 0.1) is 0 Å². The van der Waals surface area contributed by atoms with Gasteiger partial charge in [-0.1, -0.05) is 12.1 Å².